The molecule has 2 amide bonds. The Kier molecular flexibility index (Phi) is 4.50. The third-order valence-electron chi connectivity index (χ3n) is 2.76. The molecule has 0 spiro atoms. The number of nitrogens with one attached hydrogen (secondary N) is 2. The molecule has 3 N–H and O–H groups in total. The highest BCUT2D eigenvalue weighted by molar-refractivity contribution is 5.99. The smallest absolute Gasteiger partial charge is 0.337 e. The molecule has 0 saturated heterocycles. The number of anilines is 1. The molecule has 0 aliphatic carbocycles. The van der Waals surface area contributed by atoms with Crippen molar-refractivity contribution in [3.8, 4) is 0 Å². The van der Waals surface area contributed by atoms with E-state index in [4.69, 9.17) is 5.11 Å². The molecular weight excluding hydrogens is 275 g/mol. The maximum absolute atomic E-state index is 13.0. The Hall–Kier alpha value is -2.89. The number of carboxylic acids is 1. The predicted octanol–water partition coefficient (Wildman–Crippen LogP) is 2.85. The molecule has 2 aromatic rings. The molecule has 0 fully saturated rings. The lowest BCUT2D eigenvalue weighted by molar-refractivity contribution is 0.0697. The second kappa shape index (κ2) is 6.51. The molecule has 108 valence electrons. The van der Waals surface area contributed by atoms with Crippen molar-refractivity contribution in [2.45, 2.75) is 6.54 Å². The fraction of sp³-hybridized carbons (Fsp3) is 0.0667. The van der Waals surface area contributed by atoms with E-state index in [2.05, 4.69) is 10.6 Å². The van der Waals surface area contributed by atoms with Crippen LogP contribution in [0.15, 0.2) is 48.5 Å². The van der Waals surface area contributed by atoms with E-state index in [0.29, 0.717) is 6.54 Å². The SMILES string of the molecule is O=C(NCc1ccccc1)Nc1ccc(F)cc1C(=O)O. The number of hydrogen-bond acceptors (Lipinski definition) is 2. The zero-order valence-corrected chi connectivity index (χ0v) is 11.0. The van der Waals surface area contributed by atoms with Crippen molar-refractivity contribution in [2.75, 3.05) is 5.32 Å². The van der Waals surface area contributed by atoms with E-state index in [1.165, 1.54) is 6.07 Å². The van der Waals surface area contributed by atoms with Gasteiger partial charge in [0.25, 0.3) is 0 Å². The third-order valence-corrected chi connectivity index (χ3v) is 2.76. The van der Waals surface area contributed by atoms with E-state index in [9.17, 15) is 14.0 Å². The molecule has 6 heteroatoms. The summed E-state index contributed by atoms with van der Waals surface area (Å²) in [6.07, 6.45) is 0. The van der Waals surface area contributed by atoms with E-state index in [-0.39, 0.29) is 11.3 Å². The molecule has 0 aromatic heterocycles. The number of carboxylic acid groups (broad SMARTS) is 1. The van der Waals surface area contributed by atoms with E-state index < -0.39 is 17.8 Å². The summed E-state index contributed by atoms with van der Waals surface area (Å²) in [6, 6.07) is 11.8. The minimum absolute atomic E-state index is 0.0365. The average molecular weight is 288 g/mol. The Morgan fingerprint density at radius 1 is 1.10 bits per heavy atom. The number of rotatable bonds is 4. The summed E-state index contributed by atoms with van der Waals surface area (Å²) in [5.74, 6) is -1.99. The van der Waals surface area contributed by atoms with Gasteiger partial charge in [0.05, 0.1) is 11.3 Å². The fourth-order valence-electron chi connectivity index (χ4n) is 1.75. The number of carbonyl (C=O) groups is 2. The second-order valence-corrected chi connectivity index (χ2v) is 4.29. The van der Waals surface area contributed by atoms with E-state index in [0.717, 1.165) is 17.7 Å². The van der Waals surface area contributed by atoms with Gasteiger partial charge in [-0.15, -0.1) is 0 Å². The zero-order chi connectivity index (χ0) is 15.2. The van der Waals surface area contributed by atoms with Crippen LogP contribution in [0, 0.1) is 5.82 Å². The molecule has 2 aromatic carbocycles. The van der Waals surface area contributed by atoms with Crippen LogP contribution in [-0.2, 0) is 6.54 Å². The van der Waals surface area contributed by atoms with Gasteiger partial charge in [0.1, 0.15) is 5.82 Å². The van der Waals surface area contributed by atoms with Gasteiger partial charge in [-0.3, -0.25) is 0 Å². The number of aromatic carboxylic acids is 1. The first kappa shape index (κ1) is 14.5. The van der Waals surface area contributed by atoms with Crippen LogP contribution in [0.2, 0.25) is 0 Å². The third kappa shape index (κ3) is 4.04. The molecule has 2 rings (SSSR count). The maximum atomic E-state index is 13.0. The monoisotopic (exact) mass is 288 g/mol. The van der Waals surface area contributed by atoms with Crippen molar-refractivity contribution in [3.05, 3.63) is 65.5 Å². The van der Waals surface area contributed by atoms with E-state index >= 15 is 0 Å². The number of urea groups is 1. The van der Waals surface area contributed by atoms with Crippen LogP contribution in [0.5, 0.6) is 0 Å². The predicted molar refractivity (Wildman–Crippen MR) is 75.7 cm³/mol. The summed E-state index contributed by atoms with van der Waals surface area (Å²) in [5.41, 5.74) is 0.643. The average Bonchev–Trinajstić information content (AvgIpc) is 2.48. The quantitative estimate of drug-likeness (QED) is 0.809. The molecule has 0 bridgehead atoms. The van der Waals surface area contributed by atoms with E-state index in [1.54, 1.807) is 0 Å². The normalized spacial score (nSPS) is 9.95. The summed E-state index contributed by atoms with van der Waals surface area (Å²) in [6.45, 7) is 0.302. The Bertz CT molecular complexity index is 659. The van der Waals surface area contributed by atoms with Gasteiger partial charge < -0.3 is 15.7 Å². The number of amides is 2. The molecule has 0 heterocycles. The van der Waals surface area contributed by atoms with Gasteiger partial charge >= 0.3 is 12.0 Å². The van der Waals surface area contributed by atoms with Crippen molar-refractivity contribution in [3.63, 3.8) is 0 Å². The Balaban J connectivity index is 2.01. The summed E-state index contributed by atoms with van der Waals surface area (Å²) in [5, 5.41) is 14.0. The Labute approximate surface area is 120 Å². The highest BCUT2D eigenvalue weighted by atomic mass is 19.1. The van der Waals surface area contributed by atoms with Gasteiger partial charge in [-0.2, -0.15) is 0 Å². The van der Waals surface area contributed by atoms with Crippen LogP contribution in [0.3, 0.4) is 0 Å². The standard InChI is InChI=1S/C15H13FN2O3/c16-11-6-7-13(12(8-11)14(19)20)18-15(21)17-9-10-4-2-1-3-5-10/h1-8H,9H2,(H,19,20)(H2,17,18,21). The molecule has 0 aliphatic rings. The number of hydrogen-bond donors (Lipinski definition) is 3. The van der Waals surface area contributed by atoms with Crippen molar-refractivity contribution < 1.29 is 19.1 Å². The van der Waals surface area contributed by atoms with Crippen LogP contribution in [0.25, 0.3) is 0 Å². The van der Waals surface area contributed by atoms with Gasteiger partial charge in [-0.25, -0.2) is 14.0 Å². The highest BCUT2D eigenvalue weighted by Gasteiger charge is 2.13. The van der Waals surface area contributed by atoms with Crippen LogP contribution >= 0.6 is 0 Å². The van der Waals surface area contributed by atoms with Crippen molar-refractivity contribution in [1.82, 2.24) is 5.32 Å². The Morgan fingerprint density at radius 3 is 2.48 bits per heavy atom. The summed E-state index contributed by atoms with van der Waals surface area (Å²) in [4.78, 5) is 22.7. The maximum Gasteiger partial charge on any atom is 0.337 e. The molecular formula is C15H13FN2O3. The fourth-order valence-corrected chi connectivity index (χ4v) is 1.75. The van der Waals surface area contributed by atoms with Crippen LogP contribution < -0.4 is 10.6 Å². The zero-order valence-electron chi connectivity index (χ0n) is 11.0. The molecule has 21 heavy (non-hydrogen) atoms. The van der Waals surface area contributed by atoms with Gasteiger partial charge in [-0.05, 0) is 23.8 Å². The Morgan fingerprint density at radius 2 is 1.81 bits per heavy atom. The molecule has 5 nitrogen and oxygen atoms in total. The van der Waals surface area contributed by atoms with Gasteiger partial charge in [0, 0.05) is 6.54 Å². The molecule has 0 atom stereocenters. The molecule has 0 unspecified atom stereocenters. The lowest BCUT2D eigenvalue weighted by atomic mass is 10.1. The van der Waals surface area contributed by atoms with Gasteiger partial charge in [0.15, 0.2) is 0 Å². The minimum Gasteiger partial charge on any atom is -0.478 e. The second-order valence-electron chi connectivity index (χ2n) is 4.29. The topological polar surface area (TPSA) is 78.4 Å². The lowest BCUT2D eigenvalue weighted by Gasteiger charge is -2.10. The molecule has 0 aliphatic heterocycles. The highest BCUT2D eigenvalue weighted by Crippen LogP contribution is 2.17. The molecule has 0 radical (unpaired) electrons. The lowest BCUT2D eigenvalue weighted by Crippen LogP contribution is -2.28. The van der Waals surface area contributed by atoms with Crippen LogP contribution in [0.1, 0.15) is 15.9 Å². The van der Waals surface area contributed by atoms with E-state index in [1.807, 2.05) is 30.3 Å². The summed E-state index contributed by atoms with van der Waals surface area (Å²) >= 11 is 0. The first-order valence-electron chi connectivity index (χ1n) is 6.18. The molecule has 0 saturated carbocycles. The van der Waals surface area contributed by atoms with Crippen molar-refractivity contribution in [1.29, 1.82) is 0 Å². The summed E-state index contributed by atoms with van der Waals surface area (Å²) in [7, 11) is 0. The largest absolute Gasteiger partial charge is 0.478 e. The number of carbonyl (C=O) groups excluding carboxylic acids is 1. The summed E-state index contributed by atoms with van der Waals surface area (Å²) < 4.78 is 13.0. The van der Waals surface area contributed by atoms with Crippen molar-refractivity contribution >= 4 is 17.7 Å². The minimum atomic E-state index is -1.31. The number of halogens is 1. The van der Waals surface area contributed by atoms with Gasteiger partial charge in [0.2, 0.25) is 0 Å². The van der Waals surface area contributed by atoms with Gasteiger partial charge in [-0.1, -0.05) is 30.3 Å². The first-order chi connectivity index (χ1) is 10.1. The van der Waals surface area contributed by atoms with Crippen LogP contribution in [0.4, 0.5) is 14.9 Å². The van der Waals surface area contributed by atoms with Crippen LogP contribution in [-0.4, -0.2) is 17.1 Å². The first-order valence-corrected chi connectivity index (χ1v) is 6.18. The number of benzene rings is 2. The van der Waals surface area contributed by atoms with Crippen molar-refractivity contribution in [2.24, 2.45) is 0 Å².